The minimum Gasteiger partial charge on any atom is -0.215 e. The van der Waals surface area contributed by atoms with Gasteiger partial charge in [0.1, 0.15) is 0 Å². The molecule has 4 heteroatoms. The zero-order chi connectivity index (χ0) is 13.8. The summed E-state index contributed by atoms with van der Waals surface area (Å²) in [5.74, 6) is 8.59. The van der Waals surface area contributed by atoms with Gasteiger partial charge in [0.2, 0.25) is 10.0 Å². The smallest absolute Gasteiger partial charge is 0.211 e. The Hall–Kier alpha value is -0.0900. The van der Waals surface area contributed by atoms with E-state index in [1.165, 1.54) is 12.8 Å². The average Bonchev–Trinajstić information content (AvgIpc) is 3.07. The van der Waals surface area contributed by atoms with E-state index >= 15 is 0 Å². The van der Waals surface area contributed by atoms with Crippen molar-refractivity contribution in [2.45, 2.75) is 26.7 Å². The monoisotopic (exact) mass is 295 g/mol. The largest absolute Gasteiger partial charge is 0.215 e. The lowest BCUT2D eigenvalue weighted by atomic mass is 9.59. The van der Waals surface area contributed by atoms with Crippen LogP contribution in [0.1, 0.15) is 26.7 Å². The molecule has 4 saturated carbocycles. The van der Waals surface area contributed by atoms with Crippen LogP contribution in [-0.4, -0.2) is 20.7 Å². The summed E-state index contributed by atoms with van der Waals surface area (Å²) in [5.41, 5.74) is 0. The van der Waals surface area contributed by atoms with Crippen molar-refractivity contribution >= 4 is 10.0 Å². The van der Waals surface area contributed by atoms with E-state index in [2.05, 4.69) is 18.6 Å². The van der Waals surface area contributed by atoms with Crippen LogP contribution in [0, 0.1) is 59.2 Å². The summed E-state index contributed by atoms with van der Waals surface area (Å²) in [6, 6.07) is 0. The van der Waals surface area contributed by atoms with E-state index in [0.717, 1.165) is 53.9 Å². The van der Waals surface area contributed by atoms with Gasteiger partial charge in [0.25, 0.3) is 0 Å². The number of sulfonamides is 1. The van der Waals surface area contributed by atoms with E-state index in [-0.39, 0.29) is 0 Å². The van der Waals surface area contributed by atoms with E-state index in [0.29, 0.717) is 17.6 Å². The SMILES string of the molecule is CC1C(C)C2CC1C1C3CC(C4CS(=O)(=O)NCC43)C21. The highest BCUT2D eigenvalue weighted by Crippen LogP contribution is 2.72. The Morgan fingerprint density at radius 2 is 1.35 bits per heavy atom. The summed E-state index contributed by atoms with van der Waals surface area (Å²) >= 11 is 0. The molecule has 1 aliphatic heterocycles. The van der Waals surface area contributed by atoms with Gasteiger partial charge in [-0.25, -0.2) is 13.1 Å². The number of rotatable bonds is 0. The molecule has 0 aromatic carbocycles. The van der Waals surface area contributed by atoms with Gasteiger partial charge in [-0.1, -0.05) is 13.8 Å². The van der Waals surface area contributed by atoms with Gasteiger partial charge in [0.05, 0.1) is 5.75 Å². The molecule has 0 aromatic heterocycles. The van der Waals surface area contributed by atoms with Gasteiger partial charge in [-0.05, 0) is 72.0 Å². The lowest BCUT2D eigenvalue weighted by Crippen LogP contribution is -2.52. The maximum atomic E-state index is 11.9. The normalized spacial score (nSPS) is 65.3. The van der Waals surface area contributed by atoms with E-state index in [9.17, 15) is 8.42 Å². The van der Waals surface area contributed by atoms with Crippen molar-refractivity contribution in [2.75, 3.05) is 12.3 Å². The Balaban J connectivity index is 1.52. The number of hydrogen-bond donors (Lipinski definition) is 1. The van der Waals surface area contributed by atoms with Crippen LogP contribution < -0.4 is 4.72 Å². The van der Waals surface area contributed by atoms with Crippen LogP contribution in [0.5, 0.6) is 0 Å². The van der Waals surface area contributed by atoms with Crippen molar-refractivity contribution in [2.24, 2.45) is 59.2 Å². The highest BCUT2D eigenvalue weighted by molar-refractivity contribution is 7.89. The van der Waals surface area contributed by atoms with E-state index in [4.69, 9.17) is 0 Å². The predicted molar refractivity (Wildman–Crippen MR) is 77.3 cm³/mol. The van der Waals surface area contributed by atoms with Crippen LogP contribution in [0.2, 0.25) is 0 Å². The van der Waals surface area contributed by atoms with Gasteiger partial charge in [-0.15, -0.1) is 0 Å². The molecule has 112 valence electrons. The topological polar surface area (TPSA) is 46.2 Å². The van der Waals surface area contributed by atoms with Gasteiger partial charge in [-0.3, -0.25) is 0 Å². The Bertz CT molecular complexity index is 559. The fourth-order valence-corrected chi connectivity index (χ4v) is 9.15. The van der Waals surface area contributed by atoms with E-state index in [1.54, 1.807) is 0 Å². The molecule has 4 bridgehead atoms. The molecule has 4 aliphatic carbocycles. The van der Waals surface area contributed by atoms with Gasteiger partial charge < -0.3 is 0 Å². The van der Waals surface area contributed by atoms with Crippen LogP contribution in [0.4, 0.5) is 0 Å². The summed E-state index contributed by atoms with van der Waals surface area (Å²) < 4.78 is 26.7. The zero-order valence-corrected chi connectivity index (χ0v) is 13.1. The number of hydrogen-bond acceptors (Lipinski definition) is 2. The summed E-state index contributed by atoms with van der Waals surface area (Å²) in [7, 11) is -2.98. The summed E-state index contributed by atoms with van der Waals surface area (Å²) in [4.78, 5) is 0. The fourth-order valence-electron chi connectivity index (χ4n) is 7.58. The first-order chi connectivity index (χ1) is 9.48. The third-order valence-corrected chi connectivity index (χ3v) is 9.72. The van der Waals surface area contributed by atoms with E-state index in [1.807, 2.05) is 0 Å². The van der Waals surface area contributed by atoms with E-state index < -0.39 is 10.0 Å². The standard InChI is InChI=1S/C16H25NO2S/c1-7-8(2)10-3-9(7)15-11-4-12(16(10)15)14-6-20(18,19)17-5-13(11)14/h7-17H,3-6H2,1-2H3. The van der Waals surface area contributed by atoms with Crippen LogP contribution in [0.3, 0.4) is 0 Å². The van der Waals surface area contributed by atoms with Gasteiger partial charge in [0, 0.05) is 6.54 Å². The van der Waals surface area contributed by atoms with Crippen molar-refractivity contribution in [1.82, 2.24) is 4.72 Å². The molecule has 20 heavy (non-hydrogen) atoms. The highest BCUT2D eigenvalue weighted by atomic mass is 32.2. The highest BCUT2D eigenvalue weighted by Gasteiger charge is 2.69. The average molecular weight is 295 g/mol. The van der Waals surface area contributed by atoms with Crippen molar-refractivity contribution in [3.8, 4) is 0 Å². The lowest BCUT2D eigenvalue weighted by molar-refractivity contribution is 0.0186. The molecule has 5 fully saturated rings. The van der Waals surface area contributed by atoms with Crippen LogP contribution >= 0.6 is 0 Å². The second-order valence-electron chi connectivity index (χ2n) is 8.46. The molecule has 1 saturated heterocycles. The molecule has 0 amide bonds. The summed E-state index contributed by atoms with van der Waals surface area (Å²) in [6.07, 6.45) is 2.79. The van der Waals surface area contributed by atoms with Crippen molar-refractivity contribution in [3.05, 3.63) is 0 Å². The fraction of sp³-hybridized carbons (Fsp3) is 1.00. The van der Waals surface area contributed by atoms with Crippen LogP contribution in [-0.2, 0) is 10.0 Å². The first-order valence-electron chi connectivity index (χ1n) is 8.45. The van der Waals surface area contributed by atoms with Gasteiger partial charge >= 0.3 is 0 Å². The Morgan fingerprint density at radius 3 is 2.00 bits per heavy atom. The van der Waals surface area contributed by atoms with Crippen LogP contribution in [0.15, 0.2) is 0 Å². The van der Waals surface area contributed by atoms with Gasteiger partial charge in [0.15, 0.2) is 0 Å². The second kappa shape index (κ2) is 3.62. The maximum absolute atomic E-state index is 11.9. The lowest BCUT2D eigenvalue weighted by Gasteiger charge is -2.48. The molecule has 0 spiro atoms. The zero-order valence-electron chi connectivity index (χ0n) is 12.3. The minimum atomic E-state index is -2.98. The molecule has 5 aliphatic rings. The summed E-state index contributed by atoms with van der Waals surface area (Å²) in [6.45, 7) is 5.66. The Kier molecular flexibility index (Phi) is 2.26. The Labute approximate surface area is 121 Å². The molecular weight excluding hydrogens is 270 g/mol. The minimum absolute atomic E-state index is 0.420. The molecule has 3 nitrogen and oxygen atoms in total. The van der Waals surface area contributed by atoms with Crippen molar-refractivity contribution < 1.29 is 8.42 Å². The Morgan fingerprint density at radius 1 is 0.800 bits per heavy atom. The molecule has 1 heterocycles. The molecule has 1 N–H and O–H groups in total. The first-order valence-corrected chi connectivity index (χ1v) is 10.1. The molecule has 10 atom stereocenters. The quantitative estimate of drug-likeness (QED) is 0.694. The molecule has 0 aromatic rings. The summed E-state index contributed by atoms with van der Waals surface area (Å²) in [5, 5.41) is 0. The third-order valence-electron chi connectivity index (χ3n) is 8.29. The predicted octanol–water partition coefficient (Wildman–Crippen LogP) is 1.96. The number of fused-ring (bicyclic) bond motifs is 12. The third kappa shape index (κ3) is 1.29. The second-order valence-corrected chi connectivity index (χ2v) is 10.3. The molecule has 5 rings (SSSR count). The molecule has 10 unspecified atom stereocenters. The van der Waals surface area contributed by atoms with Crippen molar-refractivity contribution in [1.29, 1.82) is 0 Å². The van der Waals surface area contributed by atoms with Crippen LogP contribution in [0.25, 0.3) is 0 Å². The number of nitrogens with one attached hydrogen (secondary N) is 1. The maximum Gasteiger partial charge on any atom is 0.211 e. The van der Waals surface area contributed by atoms with Gasteiger partial charge in [-0.2, -0.15) is 0 Å². The molecular formula is C16H25NO2S. The molecule has 0 radical (unpaired) electrons. The first kappa shape index (κ1) is 12.5. The van der Waals surface area contributed by atoms with Crippen molar-refractivity contribution in [3.63, 3.8) is 0 Å².